The second-order valence-electron chi connectivity index (χ2n) is 7.07. The molecule has 0 bridgehead atoms. The lowest BCUT2D eigenvalue weighted by molar-refractivity contribution is -0.123. The number of likely N-dealkylation sites (tertiary alicyclic amines) is 1. The molecular weight excluding hydrogens is 396 g/mol. The van der Waals surface area contributed by atoms with Crippen LogP contribution in [0, 0.1) is 17.6 Å². The van der Waals surface area contributed by atoms with E-state index in [1.165, 1.54) is 6.07 Å². The highest BCUT2D eigenvalue weighted by atomic mass is 32.2. The molecule has 0 aliphatic carbocycles. The summed E-state index contributed by atoms with van der Waals surface area (Å²) >= 11 is 1.14. The van der Waals surface area contributed by atoms with Gasteiger partial charge in [-0.3, -0.25) is 14.5 Å². The van der Waals surface area contributed by atoms with Gasteiger partial charge in [-0.1, -0.05) is 12.1 Å². The van der Waals surface area contributed by atoms with Crippen LogP contribution in [0.1, 0.15) is 18.4 Å². The number of amides is 2. The smallest absolute Gasteiger partial charge is 0.234 e. The van der Waals surface area contributed by atoms with Gasteiger partial charge in [-0.15, -0.1) is 11.8 Å². The Morgan fingerprint density at radius 2 is 1.86 bits per heavy atom. The summed E-state index contributed by atoms with van der Waals surface area (Å²) in [6, 6.07) is 11.2. The molecule has 5 nitrogen and oxygen atoms in total. The van der Waals surface area contributed by atoms with Crippen molar-refractivity contribution in [2.45, 2.75) is 24.3 Å². The Labute approximate surface area is 172 Å². The molecule has 3 N–H and O–H groups in total. The van der Waals surface area contributed by atoms with Crippen LogP contribution in [-0.2, 0) is 16.1 Å². The quantitative estimate of drug-likeness (QED) is 0.675. The molecule has 8 heteroatoms. The van der Waals surface area contributed by atoms with Crippen molar-refractivity contribution in [2.75, 3.05) is 24.2 Å². The first-order valence-corrected chi connectivity index (χ1v) is 10.4. The van der Waals surface area contributed by atoms with E-state index in [-0.39, 0.29) is 23.5 Å². The summed E-state index contributed by atoms with van der Waals surface area (Å²) in [7, 11) is 0. The molecule has 0 spiro atoms. The molecule has 0 aromatic heterocycles. The minimum Gasteiger partial charge on any atom is -0.369 e. The second-order valence-corrected chi connectivity index (χ2v) is 8.11. The van der Waals surface area contributed by atoms with E-state index in [9.17, 15) is 18.4 Å². The number of thioether (sulfide) groups is 1. The molecule has 154 valence electrons. The highest BCUT2D eigenvalue weighted by Gasteiger charge is 2.23. The Balaban J connectivity index is 1.49. The molecular formula is C21H23F2N3O2S. The molecule has 2 amide bonds. The van der Waals surface area contributed by atoms with Crippen LogP contribution in [0.3, 0.4) is 0 Å². The summed E-state index contributed by atoms with van der Waals surface area (Å²) in [6.45, 7) is 2.36. The van der Waals surface area contributed by atoms with E-state index < -0.39 is 11.6 Å². The maximum atomic E-state index is 13.2. The fraction of sp³-hybridized carbons (Fsp3) is 0.333. The van der Waals surface area contributed by atoms with Crippen LogP contribution in [0.2, 0.25) is 0 Å². The van der Waals surface area contributed by atoms with E-state index in [0.717, 1.165) is 61.9 Å². The van der Waals surface area contributed by atoms with Crippen LogP contribution in [-0.4, -0.2) is 35.6 Å². The zero-order chi connectivity index (χ0) is 20.8. The van der Waals surface area contributed by atoms with Crippen LogP contribution in [0.5, 0.6) is 0 Å². The van der Waals surface area contributed by atoms with Gasteiger partial charge in [0.2, 0.25) is 11.8 Å². The first-order chi connectivity index (χ1) is 13.9. The number of nitrogens with one attached hydrogen (secondary N) is 1. The highest BCUT2D eigenvalue weighted by molar-refractivity contribution is 8.00. The molecule has 1 fully saturated rings. The van der Waals surface area contributed by atoms with E-state index in [0.29, 0.717) is 10.6 Å². The molecule has 0 radical (unpaired) electrons. The van der Waals surface area contributed by atoms with Gasteiger partial charge >= 0.3 is 0 Å². The number of anilines is 1. The number of carbonyl (C=O) groups excluding carboxylic acids is 2. The Hall–Kier alpha value is -2.45. The number of hydrogen-bond acceptors (Lipinski definition) is 4. The summed E-state index contributed by atoms with van der Waals surface area (Å²) in [5.41, 5.74) is 7.12. The maximum Gasteiger partial charge on any atom is 0.234 e. The van der Waals surface area contributed by atoms with Crippen LogP contribution in [0.25, 0.3) is 0 Å². The molecule has 1 saturated heterocycles. The number of carbonyl (C=O) groups is 2. The zero-order valence-electron chi connectivity index (χ0n) is 15.9. The molecule has 2 aromatic carbocycles. The van der Waals surface area contributed by atoms with Crippen molar-refractivity contribution in [3.63, 3.8) is 0 Å². The van der Waals surface area contributed by atoms with Crippen LogP contribution >= 0.6 is 11.8 Å². The van der Waals surface area contributed by atoms with Crippen molar-refractivity contribution in [1.29, 1.82) is 0 Å². The SMILES string of the molecule is NC(=O)C1CCN(Cc2cccc(NC(=O)CSc3ccc(F)c(F)c3)c2)CC1. The largest absolute Gasteiger partial charge is 0.369 e. The molecule has 1 heterocycles. The van der Waals surface area contributed by atoms with Crippen molar-refractivity contribution >= 4 is 29.3 Å². The molecule has 0 saturated carbocycles. The summed E-state index contributed by atoms with van der Waals surface area (Å²) in [5.74, 6) is -2.23. The van der Waals surface area contributed by atoms with Crippen LogP contribution < -0.4 is 11.1 Å². The lowest BCUT2D eigenvalue weighted by Crippen LogP contribution is -2.38. The molecule has 0 unspecified atom stereocenters. The Bertz CT molecular complexity index is 886. The molecule has 1 aliphatic rings. The lowest BCUT2D eigenvalue weighted by Gasteiger charge is -2.30. The molecule has 0 atom stereocenters. The fourth-order valence-corrected chi connectivity index (χ4v) is 4.01. The Morgan fingerprint density at radius 1 is 1.10 bits per heavy atom. The monoisotopic (exact) mass is 419 g/mol. The lowest BCUT2D eigenvalue weighted by atomic mass is 9.96. The first kappa shape index (κ1) is 21.3. The van der Waals surface area contributed by atoms with E-state index in [4.69, 9.17) is 5.73 Å². The van der Waals surface area contributed by atoms with Crippen molar-refractivity contribution in [3.05, 3.63) is 59.7 Å². The van der Waals surface area contributed by atoms with E-state index in [1.807, 2.05) is 24.3 Å². The van der Waals surface area contributed by atoms with Gasteiger partial charge in [0.15, 0.2) is 11.6 Å². The second kappa shape index (κ2) is 9.84. The molecule has 3 rings (SSSR count). The predicted molar refractivity (Wildman–Crippen MR) is 109 cm³/mol. The third-order valence-corrected chi connectivity index (χ3v) is 5.86. The third-order valence-electron chi connectivity index (χ3n) is 4.87. The minimum atomic E-state index is -0.928. The van der Waals surface area contributed by atoms with Gasteiger partial charge in [-0.2, -0.15) is 0 Å². The summed E-state index contributed by atoms with van der Waals surface area (Å²) in [4.78, 5) is 26.2. The van der Waals surface area contributed by atoms with Gasteiger partial charge < -0.3 is 11.1 Å². The normalized spacial score (nSPS) is 15.2. The Kier molecular flexibility index (Phi) is 7.22. The maximum absolute atomic E-state index is 13.2. The van der Waals surface area contributed by atoms with E-state index in [1.54, 1.807) is 0 Å². The molecule has 29 heavy (non-hydrogen) atoms. The summed E-state index contributed by atoms with van der Waals surface area (Å²) < 4.78 is 26.2. The standard InChI is InChI=1S/C21H23F2N3O2S/c22-18-5-4-17(11-19(18)23)29-13-20(27)25-16-3-1-2-14(10-16)12-26-8-6-15(7-9-26)21(24)28/h1-5,10-11,15H,6-9,12-13H2,(H2,24,28)(H,25,27). The molecule has 2 aromatic rings. The van der Waals surface area contributed by atoms with Crippen LogP contribution in [0.15, 0.2) is 47.4 Å². The fourth-order valence-electron chi connectivity index (χ4n) is 3.29. The Morgan fingerprint density at radius 3 is 2.55 bits per heavy atom. The average molecular weight is 419 g/mol. The first-order valence-electron chi connectivity index (χ1n) is 9.39. The minimum absolute atomic E-state index is 0.0380. The van der Waals surface area contributed by atoms with Gasteiger partial charge in [0.05, 0.1) is 5.75 Å². The van der Waals surface area contributed by atoms with Crippen molar-refractivity contribution in [2.24, 2.45) is 11.7 Å². The summed E-state index contributed by atoms with van der Waals surface area (Å²) in [5, 5.41) is 2.83. The number of benzene rings is 2. The van der Waals surface area contributed by atoms with Gasteiger partial charge in [-0.05, 0) is 61.8 Å². The third kappa shape index (κ3) is 6.27. The average Bonchev–Trinajstić information content (AvgIpc) is 2.69. The number of piperidine rings is 1. The van der Waals surface area contributed by atoms with Crippen molar-refractivity contribution in [1.82, 2.24) is 4.90 Å². The zero-order valence-corrected chi connectivity index (χ0v) is 16.7. The van der Waals surface area contributed by atoms with Crippen molar-refractivity contribution in [3.8, 4) is 0 Å². The summed E-state index contributed by atoms with van der Waals surface area (Å²) in [6.07, 6.45) is 1.54. The number of primary amides is 1. The van der Waals surface area contributed by atoms with E-state index >= 15 is 0 Å². The van der Waals surface area contributed by atoms with Gasteiger partial charge in [0, 0.05) is 23.0 Å². The number of halogens is 2. The topological polar surface area (TPSA) is 75.4 Å². The highest BCUT2D eigenvalue weighted by Crippen LogP contribution is 2.22. The van der Waals surface area contributed by atoms with Gasteiger partial charge in [0.25, 0.3) is 0 Å². The number of rotatable bonds is 7. The van der Waals surface area contributed by atoms with Crippen LogP contribution in [0.4, 0.5) is 14.5 Å². The molecule has 1 aliphatic heterocycles. The number of nitrogens with two attached hydrogens (primary N) is 1. The number of nitrogens with zero attached hydrogens (tertiary/aromatic N) is 1. The predicted octanol–water partition coefficient (Wildman–Crippen LogP) is 3.39. The van der Waals surface area contributed by atoms with Crippen molar-refractivity contribution < 1.29 is 18.4 Å². The van der Waals surface area contributed by atoms with E-state index in [2.05, 4.69) is 10.2 Å². The number of hydrogen-bond donors (Lipinski definition) is 2. The van der Waals surface area contributed by atoms with Gasteiger partial charge in [-0.25, -0.2) is 8.78 Å². The van der Waals surface area contributed by atoms with Gasteiger partial charge in [0.1, 0.15) is 0 Å².